The van der Waals surface area contributed by atoms with Crippen LogP contribution in [-0.2, 0) is 4.79 Å². The minimum Gasteiger partial charge on any atom is -0.481 e. The highest BCUT2D eigenvalue weighted by atomic mass is 16.5. The van der Waals surface area contributed by atoms with Crippen LogP contribution in [-0.4, -0.2) is 29.7 Å². The van der Waals surface area contributed by atoms with Gasteiger partial charge in [0.05, 0.1) is 6.10 Å². The van der Waals surface area contributed by atoms with Crippen LogP contribution in [0.2, 0.25) is 0 Å². The summed E-state index contributed by atoms with van der Waals surface area (Å²) in [6, 6.07) is 6.22. The zero-order chi connectivity index (χ0) is 15.1. The number of nitrogens with one attached hydrogen (secondary N) is 2. The molecule has 0 spiro atoms. The third kappa shape index (κ3) is 4.89. The molecule has 1 aromatic rings. The van der Waals surface area contributed by atoms with Crippen molar-refractivity contribution < 1.29 is 19.4 Å². The maximum Gasteiger partial charge on any atom is 0.321 e. The van der Waals surface area contributed by atoms with Crippen molar-refractivity contribution in [3.8, 4) is 5.75 Å². The number of imide groups is 1. The van der Waals surface area contributed by atoms with E-state index in [0.29, 0.717) is 12.3 Å². The Morgan fingerprint density at radius 3 is 2.35 bits per heavy atom. The van der Waals surface area contributed by atoms with Crippen molar-refractivity contribution in [2.24, 2.45) is 0 Å². The topological polar surface area (TPSA) is 87.7 Å². The molecule has 0 aromatic heterocycles. The number of rotatable bonds is 5. The quantitative estimate of drug-likeness (QED) is 0.759. The number of hydrogen-bond donors (Lipinski definition) is 3. The standard InChI is InChI=1S/C14H20N2O4/c1-4-15-14(19)16-13(18)10(3)20-12-7-5-11(6-8-12)9(2)17/h5-10,17H,4H2,1-3H3,(H2,15,16,18,19)/t9-,10?/m1/s1. The molecule has 1 aromatic carbocycles. The third-order valence-corrected chi connectivity index (χ3v) is 2.62. The highest BCUT2D eigenvalue weighted by Crippen LogP contribution is 2.18. The number of benzene rings is 1. The van der Waals surface area contributed by atoms with Crippen LogP contribution in [0.4, 0.5) is 4.79 Å². The fourth-order valence-corrected chi connectivity index (χ4v) is 1.50. The predicted molar refractivity (Wildman–Crippen MR) is 74.4 cm³/mol. The van der Waals surface area contributed by atoms with Crippen LogP contribution in [0, 0.1) is 0 Å². The first kappa shape index (κ1) is 16.0. The molecular weight excluding hydrogens is 260 g/mol. The first-order chi connectivity index (χ1) is 9.43. The Labute approximate surface area is 118 Å². The summed E-state index contributed by atoms with van der Waals surface area (Å²) in [7, 11) is 0. The smallest absolute Gasteiger partial charge is 0.321 e. The molecule has 0 fully saturated rings. The van der Waals surface area contributed by atoms with E-state index in [4.69, 9.17) is 4.74 Å². The molecule has 0 radical (unpaired) electrons. The van der Waals surface area contributed by atoms with Crippen molar-refractivity contribution in [1.82, 2.24) is 10.6 Å². The number of urea groups is 1. The third-order valence-electron chi connectivity index (χ3n) is 2.62. The van der Waals surface area contributed by atoms with E-state index < -0.39 is 24.1 Å². The lowest BCUT2D eigenvalue weighted by Gasteiger charge is -2.15. The number of amides is 3. The maximum absolute atomic E-state index is 11.7. The molecule has 1 unspecified atom stereocenters. The largest absolute Gasteiger partial charge is 0.481 e. The van der Waals surface area contributed by atoms with Gasteiger partial charge >= 0.3 is 6.03 Å². The summed E-state index contributed by atoms with van der Waals surface area (Å²) < 4.78 is 5.42. The summed E-state index contributed by atoms with van der Waals surface area (Å²) in [5.41, 5.74) is 0.761. The Hall–Kier alpha value is -2.08. The molecule has 2 atom stereocenters. The van der Waals surface area contributed by atoms with Crippen LogP contribution in [0.3, 0.4) is 0 Å². The van der Waals surface area contributed by atoms with Gasteiger partial charge in [-0.2, -0.15) is 0 Å². The number of aliphatic hydroxyl groups excluding tert-OH is 1. The number of carbonyl (C=O) groups excluding carboxylic acids is 2. The van der Waals surface area contributed by atoms with Gasteiger partial charge in [-0.1, -0.05) is 12.1 Å². The summed E-state index contributed by atoms with van der Waals surface area (Å²) >= 11 is 0. The van der Waals surface area contributed by atoms with Gasteiger partial charge < -0.3 is 15.2 Å². The first-order valence-electron chi connectivity index (χ1n) is 6.47. The summed E-state index contributed by atoms with van der Waals surface area (Å²) in [5, 5.41) is 14.0. The van der Waals surface area contributed by atoms with Crippen molar-refractivity contribution >= 4 is 11.9 Å². The molecule has 6 nitrogen and oxygen atoms in total. The average Bonchev–Trinajstić information content (AvgIpc) is 2.39. The minimum atomic E-state index is -0.796. The monoisotopic (exact) mass is 280 g/mol. The molecule has 0 heterocycles. The highest BCUT2D eigenvalue weighted by Gasteiger charge is 2.17. The number of ether oxygens (including phenoxy) is 1. The van der Waals surface area contributed by atoms with Gasteiger partial charge in [0.1, 0.15) is 5.75 Å². The number of aliphatic hydroxyl groups is 1. The van der Waals surface area contributed by atoms with Gasteiger partial charge in [-0.25, -0.2) is 4.79 Å². The summed E-state index contributed by atoms with van der Waals surface area (Å²) in [5.74, 6) is -0.0245. The highest BCUT2D eigenvalue weighted by molar-refractivity contribution is 5.96. The van der Waals surface area contributed by atoms with E-state index in [2.05, 4.69) is 10.6 Å². The van der Waals surface area contributed by atoms with Crippen LogP contribution >= 0.6 is 0 Å². The van der Waals surface area contributed by atoms with Gasteiger partial charge in [0.25, 0.3) is 5.91 Å². The molecule has 20 heavy (non-hydrogen) atoms. The van der Waals surface area contributed by atoms with E-state index >= 15 is 0 Å². The number of carbonyl (C=O) groups is 2. The molecule has 0 aliphatic carbocycles. The molecule has 3 amide bonds. The van der Waals surface area contributed by atoms with Gasteiger partial charge in [0, 0.05) is 6.54 Å². The lowest BCUT2D eigenvalue weighted by atomic mass is 10.1. The molecular formula is C14H20N2O4. The van der Waals surface area contributed by atoms with Gasteiger partial charge in [0.15, 0.2) is 6.10 Å². The van der Waals surface area contributed by atoms with E-state index in [1.54, 1.807) is 45.0 Å². The van der Waals surface area contributed by atoms with Crippen LogP contribution < -0.4 is 15.4 Å². The van der Waals surface area contributed by atoms with Crippen molar-refractivity contribution in [3.63, 3.8) is 0 Å². The Bertz CT molecular complexity index is 457. The molecule has 0 aliphatic heterocycles. The molecule has 6 heteroatoms. The van der Waals surface area contributed by atoms with Crippen molar-refractivity contribution in [2.45, 2.75) is 33.0 Å². The van der Waals surface area contributed by atoms with E-state index in [0.717, 1.165) is 5.56 Å². The molecule has 0 aliphatic rings. The fraction of sp³-hybridized carbons (Fsp3) is 0.429. The Balaban J connectivity index is 2.54. The Morgan fingerprint density at radius 1 is 1.25 bits per heavy atom. The molecule has 3 N–H and O–H groups in total. The van der Waals surface area contributed by atoms with Crippen molar-refractivity contribution in [1.29, 1.82) is 0 Å². The Kier molecular flexibility index (Phi) is 5.99. The van der Waals surface area contributed by atoms with Crippen molar-refractivity contribution in [3.05, 3.63) is 29.8 Å². The minimum absolute atomic E-state index is 0.440. The molecule has 1 rings (SSSR count). The van der Waals surface area contributed by atoms with Gasteiger partial charge in [-0.15, -0.1) is 0 Å². The summed E-state index contributed by atoms with van der Waals surface area (Å²) in [6.45, 7) is 5.41. The first-order valence-corrected chi connectivity index (χ1v) is 6.47. The second-order valence-electron chi connectivity index (χ2n) is 4.35. The van der Waals surface area contributed by atoms with E-state index in [1.165, 1.54) is 0 Å². The molecule has 0 bridgehead atoms. The second kappa shape index (κ2) is 7.49. The molecule has 110 valence electrons. The van der Waals surface area contributed by atoms with E-state index in [-0.39, 0.29) is 0 Å². The lowest BCUT2D eigenvalue weighted by Crippen LogP contribution is -2.45. The van der Waals surface area contributed by atoms with Gasteiger partial charge in [-0.05, 0) is 38.5 Å². The van der Waals surface area contributed by atoms with Gasteiger partial charge in [0.2, 0.25) is 0 Å². The van der Waals surface area contributed by atoms with Crippen LogP contribution in [0.15, 0.2) is 24.3 Å². The van der Waals surface area contributed by atoms with Crippen LogP contribution in [0.1, 0.15) is 32.4 Å². The van der Waals surface area contributed by atoms with Crippen LogP contribution in [0.25, 0.3) is 0 Å². The van der Waals surface area contributed by atoms with E-state index in [9.17, 15) is 14.7 Å². The SMILES string of the molecule is CCNC(=O)NC(=O)C(C)Oc1ccc([C@@H](C)O)cc1. The fourth-order valence-electron chi connectivity index (χ4n) is 1.50. The zero-order valence-electron chi connectivity index (χ0n) is 11.8. The van der Waals surface area contributed by atoms with Crippen LogP contribution in [0.5, 0.6) is 5.75 Å². The van der Waals surface area contributed by atoms with E-state index in [1.807, 2.05) is 0 Å². The summed E-state index contributed by atoms with van der Waals surface area (Å²) in [4.78, 5) is 22.9. The second-order valence-corrected chi connectivity index (χ2v) is 4.35. The lowest BCUT2D eigenvalue weighted by molar-refractivity contribution is -0.126. The van der Waals surface area contributed by atoms with Gasteiger partial charge in [-0.3, -0.25) is 10.1 Å². The average molecular weight is 280 g/mol. The van der Waals surface area contributed by atoms with Crippen molar-refractivity contribution in [2.75, 3.05) is 6.54 Å². The molecule has 0 saturated heterocycles. The normalized spacial score (nSPS) is 13.2. The number of hydrogen-bond acceptors (Lipinski definition) is 4. The summed E-state index contributed by atoms with van der Waals surface area (Å²) in [6.07, 6.45) is -1.35. The predicted octanol–water partition coefficient (Wildman–Crippen LogP) is 1.35. The molecule has 0 saturated carbocycles. The zero-order valence-corrected chi connectivity index (χ0v) is 11.8. The maximum atomic E-state index is 11.7. The Morgan fingerprint density at radius 2 is 1.85 bits per heavy atom.